The van der Waals surface area contributed by atoms with Gasteiger partial charge in [-0.3, -0.25) is 4.79 Å². The monoisotopic (exact) mass is 485 g/mol. The lowest BCUT2D eigenvalue weighted by Gasteiger charge is -2.16. The van der Waals surface area contributed by atoms with E-state index in [4.69, 9.17) is 23.2 Å². The Bertz CT molecular complexity index is 1060. The minimum absolute atomic E-state index is 0.0895. The first kappa shape index (κ1) is 25.4. The highest BCUT2D eigenvalue weighted by atomic mass is 35.5. The minimum atomic E-state index is -0.0895. The normalized spacial score (nSPS) is 11.6. The number of carbonyl (C=O) groups is 1. The molecular formula is C27H33Cl2N3O. The fourth-order valence-electron chi connectivity index (χ4n) is 3.89. The van der Waals surface area contributed by atoms with Gasteiger partial charge in [0.25, 0.3) is 0 Å². The number of rotatable bonds is 13. The molecule has 176 valence electrons. The molecule has 1 heterocycles. The Hall–Kier alpha value is -2.27. The number of aromatic nitrogens is 1. The highest BCUT2D eigenvalue weighted by Gasteiger charge is 2.04. The van der Waals surface area contributed by atoms with Crippen LogP contribution in [0.2, 0.25) is 10.0 Å². The predicted octanol–water partition coefficient (Wildman–Crippen LogP) is 6.73. The van der Waals surface area contributed by atoms with Gasteiger partial charge in [0.2, 0.25) is 5.91 Å². The molecule has 6 heteroatoms. The molecule has 0 fully saturated rings. The first-order chi connectivity index (χ1) is 16.0. The van der Waals surface area contributed by atoms with Gasteiger partial charge in [0.1, 0.15) is 0 Å². The lowest BCUT2D eigenvalue weighted by atomic mass is 10.1. The van der Waals surface area contributed by atoms with Crippen molar-refractivity contribution in [3.63, 3.8) is 0 Å². The van der Waals surface area contributed by atoms with Crippen molar-refractivity contribution in [2.24, 2.45) is 0 Å². The van der Waals surface area contributed by atoms with Crippen LogP contribution < -0.4 is 5.32 Å². The fraction of sp³-hybridized carbons (Fsp3) is 0.370. The standard InChI is InChI=1S/C27H33Cl2N3O/c1-32(18-8-5-9-22-20-31-26-11-4-3-10-23(22)26)17-7-2-6-16-30-27(33)15-13-21-12-14-24(28)25(29)19-21/h3-4,10-15,19-20,31H,2,5-9,16-18H2,1H3,(H,30,33)/b15-13+. The van der Waals surface area contributed by atoms with E-state index in [1.165, 1.54) is 35.4 Å². The van der Waals surface area contributed by atoms with Gasteiger partial charge >= 0.3 is 0 Å². The molecule has 0 radical (unpaired) electrons. The Balaban J connectivity index is 1.20. The summed E-state index contributed by atoms with van der Waals surface area (Å²) < 4.78 is 0. The second-order valence-electron chi connectivity index (χ2n) is 8.48. The predicted molar refractivity (Wildman–Crippen MR) is 141 cm³/mol. The molecule has 0 aliphatic carbocycles. The van der Waals surface area contributed by atoms with Gasteiger partial charge in [-0.25, -0.2) is 0 Å². The third-order valence-electron chi connectivity index (χ3n) is 5.80. The van der Waals surface area contributed by atoms with Crippen molar-refractivity contribution in [2.45, 2.75) is 38.5 Å². The summed E-state index contributed by atoms with van der Waals surface area (Å²) in [5, 5.41) is 5.28. The van der Waals surface area contributed by atoms with Crippen molar-refractivity contribution in [2.75, 3.05) is 26.7 Å². The molecule has 0 bridgehead atoms. The SMILES string of the molecule is CN(CCCCCNC(=O)/C=C/c1ccc(Cl)c(Cl)c1)CCCCc1c[nH]c2ccccc12. The van der Waals surface area contributed by atoms with Crippen LogP contribution in [0.1, 0.15) is 43.2 Å². The van der Waals surface area contributed by atoms with E-state index in [1.807, 2.05) is 6.07 Å². The van der Waals surface area contributed by atoms with E-state index < -0.39 is 0 Å². The summed E-state index contributed by atoms with van der Waals surface area (Å²) in [6.45, 7) is 2.91. The summed E-state index contributed by atoms with van der Waals surface area (Å²) in [4.78, 5) is 17.7. The number of hydrogen-bond donors (Lipinski definition) is 2. The number of nitrogens with one attached hydrogen (secondary N) is 2. The molecule has 0 saturated carbocycles. The Kier molecular flexibility index (Phi) is 10.3. The maximum Gasteiger partial charge on any atom is 0.243 e. The molecule has 0 spiro atoms. The molecule has 1 amide bonds. The van der Waals surface area contributed by atoms with Crippen LogP contribution in [-0.2, 0) is 11.2 Å². The quantitative estimate of drug-likeness (QED) is 0.208. The number of fused-ring (bicyclic) bond motifs is 1. The van der Waals surface area contributed by atoms with Crippen LogP contribution in [0.25, 0.3) is 17.0 Å². The van der Waals surface area contributed by atoms with Gasteiger partial charge in [0, 0.05) is 29.7 Å². The summed E-state index contributed by atoms with van der Waals surface area (Å²) in [6, 6.07) is 13.8. The van der Waals surface area contributed by atoms with E-state index in [0.717, 1.165) is 44.3 Å². The Labute approximate surface area is 207 Å². The van der Waals surface area contributed by atoms with Gasteiger partial charge in [-0.1, -0.05) is 53.9 Å². The van der Waals surface area contributed by atoms with Gasteiger partial charge < -0.3 is 15.2 Å². The van der Waals surface area contributed by atoms with Crippen molar-refractivity contribution in [1.82, 2.24) is 15.2 Å². The largest absolute Gasteiger partial charge is 0.361 e. The molecule has 0 unspecified atom stereocenters. The van der Waals surface area contributed by atoms with Gasteiger partial charge in [-0.05, 0) is 87.6 Å². The van der Waals surface area contributed by atoms with Crippen LogP contribution in [0.3, 0.4) is 0 Å². The Morgan fingerprint density at radius 2 is 1.79 bits per heavy atom. The fourth-order valence-corrected chi connectivity index (χ4v) is 4.20. The average Bonchev–Trinajstić information content (AvgIpc) is 3.23. The highest BCUT2D eigenvalue weighted by molar-refractivity contribution is 6.42. The molecule has 2 aromatic carbocycles. The summed E-state index contributed by atoms with van der Waals surface area (Å²) in [6.07, 6.45) is 12.2. The van der Waals surface area contributed by atoms with Gasteiger partial charge in [-0.2, -0.15) is 0 Å². The van der Waals surface area contributed by atoms with E-state index in [0.29, 0.717) is 16.6 Å². The smallest absolute Gasteiger partial charge is 0.243 e. The molecule has 0 atom stereocenters. The van der Waals surface area contributed by atoms with Crippen LogP contribution >= 0.6 is 23.2 Å². The number of aryl methyl sites for hydroxylation is 1. The van der Waals surface area contributed by atoms with Crippen LogP contribution in [0.15, 0.2) is 54.7 Å². The zero-order chi connectivity index (χ0) is 23.5. The molecule has 0 saturated heterocycles. The Morgan fingerprint density at radius 1 is 1.00 bits per heavy atom. The topological polar surface area (TPSA) is 48.1 Å². The Morgan fingerprint density at radius 3 is 2.61 bits per heavy atom. The summed E-state index contributed by atoms with van der Waals surface area (Å²) >= 11 is 11.9. The first-order valence-electron chi connectivity index (χ1n) is 11.7. The zero-order valence-corrected chi connectivity index (χ0v) is 20.8. The summed E-state index contributed by atoms with van der Waals surface area (Å²) in [7, 11) is 2.20. The highest BCUT2D eigenvalue weighted by Crippen LogP contribution is 2.23. The van der Waals surface area contributed by atoms with Gasteiger partial charge in [0.05, 0.1) is 10.0 Å². The number of benzene rings is 2. The number of unbranched alkanes of at least 4 members (excludes halogenated alkanes) is 3. The number of H-pyrrole nitrogens is 1. The molecular weight excluding hydrogens is 453 g/mol. The van der Waals surface area contributed by atoms with Crippen LogP contribution in [0.5, 0.6) is 0 Å². The van der Waals surface area contributed by atoms with E-state index >= 15 is 0 Å². The van der Waals surface area contributed by atoms with Crippen molar-refractivity contribution in [3.05, 3.63) is 75.9 Å². The molecule has 4 nitrogen and oxygen atoms in total. The lowest BCUT2D eigenvalue weighted by Crippen LogP contribution is -2.23. The van der Waals surface area contributed by atoms with E-state index in [2.05, 4.69) is 52.7 Å². The number of carbonyl (C=O) groups excluding carboxylic acids is 1. The molecule has 2 N–H and O–H groups in total. The number of nitrogens with zero attached hydrogens (tertiary/aromatic N) is 1. The van der Waals surface area contributed by atoms with Gasteiger partial charge in [0.15, 0.2) is 0 Å². The maximum atomic E-state index is 11.9. The zero-order valence-electron chi connectivity index (χ0n) is 19.2. The van der Waals surface area contributed by atoms with Crippen LogP contribution in [-0.4, -0.2) is 42.5 Å². The third-order valence-corrected chi connectivity index (χ3v) is 6.54. The van der Waals surface area contributed by atoms with E-state index in [1.54, 1.807) is 18.2 Å². The number of amides is 1. The van der Waals surface area contributed by atoms with Crippen molar-refractivity contribution < 1.29 is 4.79 Å². The van der Waals surface area contributed by atoms with E-state index in [9.17, 15) is 4.79 Å². The molecule has 0 aliphatic rings. The number of halogens is 2. The van der Waals surface area contributed by atoms with Crippen LogP contribution in [0.4, 0.5) is 0 Å². The van der Waals surface area contributed by atoms with Gasteiger partial charge in [-0.15, -0.1) is 0 Å². The van der Waals surface area contributed by atoms with E-state index in [-0.39, 0.29) is 5.91 Å². The number of para-hydroxylation sites is 1. The number of hydrogen-bond acceptors (Lipinski definition) is 2. The summed E-state index contributed by atoms with van der Waals surface area (Å²) in [5.74, 6) is -0.0895. The number of aromatic amines is 1. The molecule has 33 heavy (non-hydrogen) atoms. The van der Waals surface area contributed by atoms with Crippen molar-refractivity contribution in [1.29, 1.82) is 0 Å². The van der Waals surface area contributed by atoms with Crippen molar-refractivity contribution >= 4 is 46.1 Å². The van der Waals surface area contributed by atoms with Crippen molar-refractivity contribution in [3.8, 4) is 0 Å². The second-order valence-corrected chi connectivity index (χ2v) is 9.29. The second kappa shape index (κ2) is 13.4. The molecule has 0 aliphatic heterocycles. The summed E-state index contributed by atoms with van der Waals surface area (Å²) in [5.41, 5.74) is 3.49. The third kappa shape index (κ3) is 8.54. The van der Waals surface area contributed by atoms with Crippen LogP contribution in [0, 0.1) is 0 Å². The molecule has 3 rings (SSSR count). The average molecular weight is 486 g/mol. The lowest BCUT2D eigenvalue weighted by molar-refractivity contribution is -0.116. The first-order valence-corrected chi connectivity index (χ1v) is 12.4. The maximum absolute atomic E-state index is 11.9. The minimum Gasteiger partial charge on any atom is -0.361 e. The molecule has 1 aromatic heterocycles. The molecule has 3 aromatic rings.